The number of hydrogen-bond acceptors (Lipinski definition) is 2. The molecule has 0 amide bonds. The summed E-state index contributed by atoms with van der Waals surface area (Å²) >= 11 is 6.31. The third-order valence-electron chi connectivity index (χ3n) is 5.64. The molecule has 0 aromatic heterocycles. The number of halogens is 1. The lowest BCUT2D eigenvalue weighted by molar-refractivity contribution is 0.191. The van der Waals surface area contributed by atoms with E-state index in [0.29, 0.717) is 11.5 Å². The highest BCUT2D eigenvalue weighted by atomic mass is 35.5. The fourth-order valence-electron chi connectivity index (χ4n) is 4.37. The molecule has 1 aromatic carbocycles. The number of benzene rings is 1. The Labute approximate surface area is 133 Å². The molecule has 116 valence electrons. The number of hydrogen-bond donors (Lipinski definition) is 1. The standard InChI is InChI=1S/C18H26ClNO/c1-3-18(7-4-5-8-18)16(20-2)12-14-11-15(19)10-13-6-9-21-17(13)14/h10-11,16,20H,3-9,12H2,1-2H3. The van der Waals surface area contributed by atoms with Crippen molar-refractivity contribution in [3.63, 3.8) is 0 Å². The summed E-state index contributed by atoms with van der Waals surface area (Å²) in [6, 6.07) is 4.68. The first-order chi connectivity index (χ1) is 10.2. The first kappa shape index (κ1) is 15.2. The molecule has 21 heavy (non-hydrogen) atoms. The van der Waals surface area contributed by atoms with Crippen LogP contribution in [0, 0.1) is 5.41 Å². The van der Waals surface area contributed by atoms with E-state index in [1.165, 1.54) is 43.2 Å². The third kappa shape index (κ3) is 2.80. The molecule has 1 aliphatic carbocycles. The van der Waals surface area contributed by atoms with Gasteiger partial charge in [0.25, 0.3) is 0 Å². The summed E-state index contributed by atoms with van der Waals surface area (Å²) in [7, 11) is 2.10. The second-order valence-corrected chi connectivity index (χ2v) is 7.06. The minimum atomic E-state index is 0.447. The van der Waals surface area contributed by atoms with E-state index >= 15 is 0 Å². The molecule has 1 aromatic rings. The Balaban J connectivity index is 1.88. The summed E-state index contributed by atoms with van der Waals surface area (Å²) in [5.74, 6) is 1.10. The van der Waals surface area contributed by atoms with Gasteiger partial charge in [0.05, 0.1) is 6.61 Å². The van der Waals surface area contributed by atoms with Gasteiger partial charge in [-0.25, -0.2) is 0 Å². The van der Waals surface area contributed by atoms with Gasteiger partial charge in [-0.05, 0) is 61.4 Å². The summed E-state index contributed by atoms with van der Waals surface area (Å²) in [5.41, 5.74) is 3.01. The van der Waals surface area contributed by atoms with Gasteiger partial charge in [-0.2, -0.15) is 0 Å². The number of ether oxygens (including phenoxy) is 1. The van der Waals surface area contributed by atoms with Crippen LogP contribution in [0.1, 0.15) is 50.2 Å². The van der Waals surface area contributed by atoms with Gasteiger partial charge in [0.1, 0.15) is 5.75 Å². The molecule has 1 heterocycles. The van der Waals surface area contributed by atoms with Crippen LogP contribution in [-0.4, -0.2) is 19.7 Å². The molecule has 1 unspecified atom stereocenters. The van der Waals surface area contributed by atoms with Crippen LogP contribution in [0.3, 0.4) is 0 Å². The quantitative estimate of drug-likeness (QED) is 0.872. The van der Waals surface area contributed by atoms with E-state index in [0.717, 1.165) is 30.2 Å². The molecule has 1 saturated carbocycles. The van der Waals surface area contributed by atoms with Crippen molar-refractivity contribution in [3.05, 3.63) is 28.3 Å². The first-order valence-corrected chi connectivity index (χ1v) is 8.67. The molecule has 0 radical (unpaired) electrons. The lowest BCUT2D eigenvalue weighted by Gasteiger charge is -2.37. The Bertz CT molecular complexity index is 508. The van der Waals surface area contributed by atoms with Crippen molar-refractivity contribution in [2.75, 3.05) is 13.7 Å². The van der Waals surface area contributed by atoms with E-state index in [-0.39, 0.29) is 0 Å². The summed E-state index contributed by atoms with van der Waals surface area (Å²) in [6.07, 6.45) is 8.70. The van der Waals surface area contributed by atoms with Crippen LogP contribution < -0.4 is 10.1 Å². The molecule has 1 fully saturated rings. The topological polar surface area (TPSA) is 21.3 Å². The van der Waals surface area contributed by atoms with Crippen LogP contribution in [0.25, 0.3) is 0 Å². The zero-order valence-corrected chi connectivity index (χ0v) is 13.9. The molecule has 0 saturated heterocycles. The molecule has 1 N–H and O–H groups in total. The van der Waals surface area contributed by atoms with Crippen molar-refractivity contribution >= 4 is 11.6 Å². The van der Waals surface area contributed by atoms with Crippen molar-refractivity contribution in [2.24, 2.45) is 5.41 Å². The summed E-state index contributed by atoms with van der Waals surface area (Å²) in [5, 5.41) is 4.44. The summed E-state index contributed by atoms with van der Waals surface area (Å²) < 4.78 is 5.87. The van der Waals surface area contributed by atoms with Crippen molar-refractivity contribution in [2.45, 2.75) is 57.9 Å². The predicted octanol–water partition coefficient (Wildman–Crippen LogP) is 4.38. The molecule has 1 aliphatic heterocycles. The Morgan fingerprint density at radius 2 is 2.10 bits per heavy atom. The highest BCUT2D eigenvalue weighted by Gasteiger charge is 2.39. The SMILES string of the molecule is CCC1(C(Cc2cc(Cl)cc3c2OCC3)NC)CCCC1. The number of likely N-dealkylation sites (N-methyl/N-ethyl adjacent to an activating group) is 1. The molecule has 3 heteroatoms. The molecule has 0 spiro atoms. The van der Waals surface area contributed by atoms with Crippen molar-refractivity contribution < 1.29 is 4.74 Å². The fourth-order valence-corrected chi connectivity index (χ4v) is 4.63. The van der Waals surface area contributed by atoms with Gasteiger partial charge in [0, 0.05) is 17.5 Å². The van der Waals surface area contributed by atoms with Crippen LogP contribution in [-0.2, 0) is 12.8 Å². The van der Waals surface area contributed by atoms with Crippen molar-refractivity contribution in [1.29, 1.82) is 0 Å². The van der Waals surface area contributed by atoms with E-state index < -0.39 is 0 Å². The van der Waals surface area contributed by atoms with Crippen LogP contribution in [0.2, 0.25) is 5.02 Å². The zero-order valence-electron chi connectivity index (χ0n) is 13.2. The van der Waals surface area contributed by atoms with E-state index in [1.54, 1.807) is 0 Å². The number of rotatable bonds is 5. The average Bonchev–Trinajstić information content (AvgIpc) is 3.13. The Morgan fingerprint density at radius 3 is 2.76 bits per heavy atom. The minimum absolute atomic E-state index is 0.447. The Hall–Kier alpha value is -0.730. The van der Waals surface area contributed by atoms with Gasteiger partial charge in [-0.3, -0.25) is 0 Å². The second-order valence-electron chi connectivity index (χ2n) is 6.62. The van der Waals surface area contributed by atoms with E-state index in [4.69, 9.17) is 16.3 Å². The van der Waals surface area contributed by atoms with Crippen molar-refractivity contribution in [1.82, 2.24) is 5.32 Å². The van der Waals surface area contributed by atoms with Gasteiger partial charge in [-0.1, -0.05) is 31.4 Å². The molecule has 2 aliphatic rings. The van der Waals surface area contributed by atoms with Crippen molar-refractivity contribution in [3.8, 4) is 5.75 Å². The molecule has 0 bridgehead atoms. The lowest BCUT2D eigenvalue weighted by atomic mass is 9.74. The van der Waals surface area contributed by atoms with Crippen LogP contribution in [0.4, 0.5) is 0 Å². The van der Waals surface area contributed by atoms with Gasteiger partial charge >= 0.3 is 0 Å². The smallest absolute Gasteiger partial charge is 0.125 e. The Kier molecular flexibility index (Phi) is 4.46. The van der Waals surface area contributed by atoms with E-state index in [1.807, 2.05) is 0 Å². The highest BCUT2D eigenvalue weighted by Crippen LogP contribution is 2.45. The van der Waals surface area contributed by atoms with Crippen LogP contribution >= 0.6 is 11.6 Å². The maximum atomic E-state index is 6.31. The average molecular weight is 308 g/mol. The normalized spacial score (nSPS) is 21.1. The predicted molar refractivity (Wildman–Crippen MR) is 88.4 cm³/mol. The monoisotopic (exact) mass is 307 g/mol. The largest absolute Gasteiger partial charge is 0.493 e. The zero-order chi connectivity index (χ0) is 14.9. The maximum Gasteiger partial charge on any atom is 0.125 e. The van der Waals surface area contributed by atoms with Gasteiger partial charge < -0.3 is 10.1 Å². The number of fused-ring (bicyclic) bond motifs is 1. The molecular weight excluding hydrogens is 282 g/mol. The van der Waals surface area contributed by atoms with Crippen LogP contribution in [0.15, 0.2) is 12.1 Å². The van der Waals surface area contributed by atoms with Crippen LogP contribution in [0.5, 0.6) is 5.75 Å². The van der Waals surface area contributed by atoms with Gasteiger partial charge in [-0.15, -0.1) is 0 Å². The first-order valence-electron chi connectivity index (χ1n) is 8.30. The molecular formula is C18H26ClNO. The molecule has 1 atom stereocenters. The maximum absolute atomic E-state index is 6.31. The lowest BCUT2D eigenvalue weighted by Crippen LogP contribution is -2.43. The van der Waals surface area contributed by atoms with Gasteiger partial charge in [0.15, 0.2) is 0 Å². The summed E-state index contributed by atoms with van der Waals surface area (Å²) in [6.45, 7) is 3.14. The van der Waals surface area contributed by atoms with E-state index in [9.17, 15) is 0 Å². The number of nitrogens with one attached hydrogen (secondary N) is 1. The highest BCUT2D eigenvalue weighted by molar-refractivity contribution is 6.30. The molecule has 3 rings (SSSR count). The minimum Gasteiger partial charge on any atom is -0.493 e. The summed E-state index contributed by atoms with van der Waals surface area (Å²) in [4.78, 5) is 0. The third-order valence-corrected chi connectivity index (χ3v) is 5.86. The Morgan fingerprint density at radius 1 is 1.33 bits per heavy atom. The van der Waals surface area contributed by atoms with E-state index in [2.05, 4.69) is 31.4 Å². The second kappa shape index (κ2) is 6.18. The fraction of sp³-hybridized carbons (Fsp3) is 0.667. The van der Waals surface area contributed by atoms with Gasteiger partial charge in [0.2, 0.25) is 0 Å². The molecule has 2 nitrogen and oxygen atoms in total.